The number of hydrogen-bond acceptors (Lipinski definition) is 3. The average Bonchev–Trinajstić information content (AvgIpc) is 3.07. The Morgan fingerprint density at radius 1 is 1.39 bits per heavy atom. The van der Waals surface area contributed by atoms with Crippen LogP contribution in [-0.2, 0) is 6.54 Å². The van der Waals surface area contributed by atoms with Gasteiger partial charge in [-0.1, -0.05) is 59.4 Å². The van der Waals surface area contributed by atoms with Crippen molar-refractivity contribution in [1.29, 1.82) is 0 Å². The summed E-state index contributed by atoms with van der Waals surface area (Å²) in [4.78, 5) is 4.23. The molecule has 0 radical (unpaired) electrons. The van der Waals surface area contributed by atoms with Crippen LogP contribution in [0.25, 0.3) is 5.31 Å². The predicted octanol–water partition coefficient (Wildman–Crippen LogP) is 4.96. The monoisotopic (exact) mass is 435 g/mol. The Bertz CT molecular complexity index is 1010. The van der Waals surface area contributed by atoms with E-state index in [2.05, 4.69) is 74.3 Å². The van der Waals surface area contributed by atoms with Crippen molar-refractivity contribution in [3.8, 4) is 11.8 Å². The Labute approximate surface area is 188 Å². The topological polar surface area (TPSA) is 64.1 Å². The van der Waals surface area contributed by atoms with Crippen molar-refractivity contribution >= 4 is 13.9 Å². The first-order valence-electron chi connectivity index (χ1n) is 11.0. The summed E-state index contributed by atoms with van der Waals surface area (Å²) < 4.78 is 1.94. The third-order valence-corrected chi connectivity index (χ3v) is 7.27. The zero-order chi connectivity index (χ0) is 22.6. The Hall–Kier alpha value is -2.18. The Balaban J connectivity index is 1.70. The average molecular weight is 436 g/mol. The first-order valence-corrected chi connectivity index (χ1v) is 12.5. The maximum absolute atomic E-state index is 9.85. The molecule has 0 aliphatic heterocycles. The summed E-state index contributed by atoms with van der Waals surface area (Å²) in [7, 11) is 0.646. The standard InChI is InChI=1S/C26H34N3OP/c1-6-22-23(26(22,27)7-2)13-10-20-8-11-21(12-9-20)24(31-5)16-18(3)17-29-15-14-28-25(29)19(4)30/h8-9,11-12,14-16,19,22-23,30-31H,3,6-7,17,27H2,1-2,4-5H3/b24-16-/t19-,22?,23?,26?/m0/s1. The minimum atomic E-state index is -0.599. The molecule has 1 saturated carbocycles. The first kappa shape index (κ1) is 23.5. The van der Waals surface area contributed by atoms with Crippen LogP contribution in [0.1, 0.15) is 56.7 Å². The summed E-state index contributed by atoms with van der Waals surface area (Å²) in [6, 6.07) is 8.46. The Morgan fingerprint density at radius 2 is 2.10 bits per heavy atom. The lowest BCUT2D eigenvalue weighted by Crippen LogP contribution is -2.25. The lowest BCUT2D eigenvalue weighted by Gasteiger charge is -2.11. The molecular formula is C26H34N3OP. The van der Waals surface area contributed by atoms with Crippen LogP contribution in [0.4, 0.5) is 0 Å². The molecule has 0 bridgehead atoms. The molecule has 1 aromatic carbocycles. The molecule has 1 aliphatic rings. The van der Waals surface area contributed by atoms with Crippen LogP contribution in [0.3, 0.4) is 0 Å². The molecular weight excluding hydrogens is 401 g/mol. The molecule has 5 atom stereocenters. The zero-order valence-corrected chi connectivity index (χ0v) is 20.0. The van der Waals surface area contributed by atoms with Crippen molar-refractivity contribution in [2.45, 2.75) is 51.8 Å². The van der Waals surface area contributed by atoms with E-state index in [1.165, 1.54) is 10.9 Å². The van der Waals surface area contributed by atoms with Gasteiger partial charge in [-0.25, -0.2) is 4.98 Å². The molecule has 1 fully saturated rings. The Kier molecular flexibility index (Phi) is 7.55. The molecule has 0 spiro atoms. The fraction of sp³-hybridized carbons (Fsp3) is 0.423. The van der Waals surface area contributed by atoms with Crippen LogP contribution in [0.15, 0.2) is 54.9 Å². The predicted molar refractivity (Wildman–Crippen MR) is 132 cm³/mol. The number of aliphatic hydroxyl groups excluding tert-OH is 1. The number of nitrogens with zero attached hydrogens (tertiary/aromatic N) is 2. The van der Waals surface area contributed by atoms with Crippen LogP contribution in [0.5, 0.6) is 0 Å². The lowest BCUT2D eigenvalue weighted by atomic mass is 10.1. The van der Waals surface area contributed by atoms with Gasteiger partial charge in [-0.15, -0.1) is 0 Å². The minimum absolute atomic E-state index is 0.0930. The van der Waals surface area contributed by atoms with E-state index in [4.69, 9.17) is 5.73 Å². The molecule has 5 heteroatoms. The summed E-state index contributed by atoms with van der Waals surface area (Å²) in [5.74, 6) is 8.24. The third-order valence-electron chi connectivity index (χ3n) is 6.30. The molecule has 1 aliphatic carbocycles. The van der Waals surface area contributed by atoms with Gasteiger partial charge < -0.3 is 15.4 Å². The van der Waals surface area contributed by atoms with E-state index in [0.29, 0.717) is 32.8 Å². The summed E-state index contributed by atoms with van der Waals surface area (Å²) >= 11 is 0. The molecule has 31 heavy (non-hydrogen) atoms. The van der Waals surface area contributed by atoms with Crippen molar-refractivity contribution in [2.24, 2.45) is 17.6 Å². The highest BCUT2D eigenvalue weighted by Crippen LogP contribution is 2.52. The number of hydrogen-bond donors (Lipinski definition) is 2. The summed E-state index contributed by atoms with van der Waals surface area (Å²) in [6.45, 7) is 13.1. The van der Waals surface area contributed by atoms with Crippen molar-refractivity contribution in [2.75, 3.05) is 6.66 Å². The second kappa shape index (κ2) is 9.96. The molecule has 4 nitrogen and oxygen atoms in total. The Morgan fingerprint density at radius 3 is 2.65 bits per heavy atom. The normalized spacial score (nSPS) is 24.1. The van der Waals surface area contributed by atoms with E-state index in [1.807, 2.05) is 10.8 Å². The largest absolute Gasteiger partial charge is 0.385 e. The van der Waals surface area contributed by atoms with E-state index in [-0.39, 0.29) is 5.54 Å². The number of benzene rings is 1. The maximum atomic E-state index is 9.85. The third kappa shape index (κ3) is 5.18. The van der Waals surface area contributed by atoms with Gasteiger partial charge in [0, 0.05) is 36.0 Å². The SMILES string of the molecule is C=C(/C=C(\PC)c1ccc(C#CC2C(CC)C2(N)CC)cc1)Cn1ccnc1[C@H](C)O. The number of imidazole rings is 1. The lowest BCUT2D eigenvalue weighted by molar-refractivity contribution is 0.184. The summed E-state index contributed by atoms with van der Waals surface area (Å²) in [6.07, 6.45) is 7.21. The second-order valence-corrected chi connectivity index (χ2v) is 9.40. The fourth-order valence-corrected chi connectivity index (χ4v) is 5.16. The smallest absolute Gasteiger partial charge is 0.137 e. The van der Waals surface area contributed by atoms with Crippen LogP contribution in [0.2, 0.25) is 0 Å². The van der Waals surface area contributed by atoms with Gasteiger partial charge >= 0.3 is 0 Å². The highest BCUT2D eigenvalue weighted by Gasteiger charge is 2.58. The number of allylic oxidation sites excluding steroid dienone is 2. The van der Waals surface area contributed by atoms with E-state index in [0.717, 1.165) is 24.0 Å². The number of aliphatic hydroxyl groups is 1. The van der Waals surface area contributed by atoms with Gasteiger partial charge in [-0.2, -0.15) is 0 Å². The van der Waals surface area contributed by atoms with E-state index >= 15 is 0 Å². The molecule has 3 N–H and O–H groups in total. The molecule has 0 amide bonds. The van der Waals surface area contributed by atoms with Gasteiger partial charge in [-0.3, -0.25) is 0 Å². The van der Waals surface area contributed by atoms with Crippen LogP contribution in [0, 0.1) is 23.7 Å². The highest BCUT2D eigenvalue weighted by atomic mass is 31.1. The van der Waals surface area contributed by atoms with Crippen molar-refractivity contribution in [3.63, 3.8) is 0 Å². The molecule has 1 heterocycles. The molecule has 1 aromatic heterocycles. The van der Waals surface area contributed by atoms with Crippen LogP contribution >= 0.6 is 8.58 Å². The fourth-order valence-electron chi connectivity index (χ4n) is 4.36. The molecule has 0 saturated heterocycles. The summed E-state index contributed by atoms with van der Waals surface area (Å²) in [5, 5.41) is 11.1. The molecule has 4 unspecified atom stereocenters. The van der Waals surface area contributed by atoms with Gasteiger partial charge in [0.1, 0.15) is 11.9 Å². The van der Waals surface area contributed by atoms with Crippen molar-refractivity contribution in [1.82, 2.24) is 9.55 Å². The summed E-state index contributed by atoms with van der Waals surface area (Å²) in [5.41, 5.74) is 9.58. The number of rotatable bonds is 8. The first-order chi connectivity index (χ1) is 14.8. The van der Waals surface area contributed by atoms with Gasteiger partial charge in [0.05, 0.1) is 0 Å². The second-order valence-electron chi connectivity index (χ2n) is 8.36. The van der Waals surface area contributed by atoms with E-state index in [9.17, 15) is 5.11 Å². The van der Waals surface area contributed by atoms with Crippen molar-refractivity contribution < 1.29 is 5.11 Å². The van der Waals surface area contributed by atoms with Gasteiger partial charge in [0.25, 0.3) is 0 Å². The highest BCUT2D eigenvalue weighted by molar-refractivity contribution is 7.49. The maximum Gasteiger partial charge on any atom is 0.137 e. The molecule has 164 valence electrons. The minimum Gasteiger partial charge on any atom is -0.385 e. The van der Waals surface area contributed by atoms with E-state index < -0.39 is 6.10 Å². The van der Waals surface area contributed by atoms with E-state index in [1.54, 1.807) is 13.1 Å². The van der Waals surface area contributed by atoms with Crippen molar-refractivity contribution in [3.05, 3.63) is 71.8 Å². The number of nitrogens with two attached hydrogens (primary N) is 1. The van der Waals surface area contributed by atoms with Gasteiger partial charge in [0.15, 0.2) is 0 Å². The van der Waals surface area contributed by atoms with Gasteiger partial charge in [0.2, 0.25) is 0 Å². The van der Waals surface area contributed by atoms with Crippen LogP contribution in [-0.4, -0.2) is 26.9 Å². The molecule has 3 rings (SSSR count). The molecule has 2 aromatic rings. The van der Waals surface area contributed by atoms with Gasteiger partial charge in [-0.05, 0) is 60.6 Å². The quantitative estimate of drug-likeness (QED) is 0.350. The number of aromatic nitrogens is 2. The zero-order valence-electron chi connectivity index (χ0n) is 19.0. The van der Waals surface area contributed by atoms with Crippen LogP contribution < -0.4 is 5.73 Å².